The Kier molecular flexibility index (Phi) is 6.49. The molecule has 0 unspecified atom stereocenters. The predicted molar refractivity (Wildman–Crippen MR) is 117 cm³/mol. The summed E-state index contributed by atoms with van der Waals surface area (Å²) in [6, 6.07) is 14.0. The first-order chi connectivity index (χ1) is 15.5. The minimum absolute atomic E-state index is 0.0337. The predicted octanol–water partition coefficient (Wildman–Crippen LogP) is 5.88. The molecule has 2 aromatic heterocycles. The van der Waals surface area contributed by atoms with E-state index in [1.54, 1.807) is 36.7 Å². The average Bonchev–Trinajstić information content (AvgIpc) is 2.76. The van der Waals surface area contributed by atoms with Crippen LogP contribution in [-0.2, 0) is 6.54 Å². The van der Waals surface area contributed by atoms with Gasteiger partial charge >= 0.3 is 6.61 Å². The van der Waals surface area contributed by atoms with Crippen LogP contribution in [0.2, 0.25) is 0 Å². The van der Waals surface area contributed by atoms with E-state index in [9.17, 15) is 13.9 Å². The van der Waals surface area contributed by atoms with Crippen LogP contribution in [0.4, 0.5) is 20.3 Å². The van der Waals surface area contributed by atoms with Gasteiger partial charge < -0.3 is 19.5 Å². The van der Waals surface area contributed by atoms with Crippen molar-refractivity contribution >= 4 is 17.3 Å². The number of halogens is 2. The van der Waals surface area contributed by atoms with Crippen molar-refractivity contribution in [2.75, 3.05) is 4.90 Å². The van der Waals surface area contributed by atoms with Crippen LogP contribution in [-0.4, -0.2) is 27.8 Å². The fourth-order valence-electron chi connectivity index (χ4n) is 3.32. The minimum atomic E-state index is -2.98. The summed E-state index contributed by atoms with van der Waals surface area (Å²) in [7, 11) is 0. The van der Waals surface area contributed by atoms with Crippen LogP contribution in [0, 0.1) is 0 Å². The largest absolute Gasteiger partial charge is 0.508 e. The van der Waals surface area contributed by atoms with Crippen LogP contribution < -0.4 is 14.4 Å². The highest BCUT2D eigenvalue weighted by Gasteiger charge is 2.24. The number of alkyl halides is 2. The van der Waals surface area contributed by atoms with Crippen molar-refractivity contribution in [2.24, 2.45) is 0 Å². The maximum absolute atomic E-state index is 12.9. The summed E-state index contributed by atoms with van der Waals surface area (Å²) in [6.45, 7) is 1.01. The third-order valence-electron chi connectivity index (χ3n) is 5.19. The maximum atomic E-state index is 12.9. The molecule has 166 valence electrons. The molecule has 1 aliphatic rings. The molecule has 1 fully saturated rings. The molecule has 32 heavy (non-hydrogen) atoms. The summed E-state index contributed by atoms with van der Waals surface area (Å²) in [6.07, 6.45) is 6.08. The van der Waals surface area contributed by atoms with Gasteiger partial charge in [-0.2, -0.15) is 13.8 Å². The van der Waals surface area contributed by atoms with Gasteiger partial charge in [-0.05, 0) is 55.2 Å². The lowest BCUT2D eigenvalue weighted by molar-refractivity contribution is -0.0532. The standard InChI is InChI=1S/C24H23F2N3O3/c1-16(30)18-6-2-7-19(13-18)29(15-17-5-4-12-27-14-17)22-11-10-21(32-24(25)26)23(28-22)31-20-8-3-9-20/h2,4-7,10-14,20,24,30H,1,3,8-9,15H2. The zero-order chi connectivity index (χ0) is 22.5. The van der Waals surface area contributed by atoms with E-state index < -0.39 is 6.61 Å². The molecule has 1 N–H and O–H groups in total. The summed E-state index contributed by atoms with van der Waals surface area (Å²) in [5, 5.41) is 9.84. The van der Waals surface area contributed by atoms with Crippen molar-refractivity contribution in [1.29, 1.82) is 0 Å². The van der Waals surface area contributed by atoms with Crippen molar-refractivity contribution < 1.29 is 23.4 Å². The fourth-order valence-corrected chi connectivity index (χ4v) is 3.32. The second-order valence-corrected chi connectivity index (χ2v) is 7.47. The highest BCUT2D eigenvalue weighted by molar-refractivity contribution is 5.67. The molecule has 8 heteroatoms. The van der Waals surface area contributed by atoms with Crippen molar-refractivity contribution in [1.82, 2.24) is 9.97 Å². The first-order valence-electron chi connectivity index (χ1n) is 10.3. The SMILES string of the molecule is C=C(O)c1cccc(N(Cc2cccnc2)c2ccc(OC(F)F)c(OC3CCC3)n2)c1. The third kappa shape index (κ3) is 5.14. The molecule has 1 aromatic carbocycles. The molecule has 0 saturated heterocycles. The molecule has 3 aromatic rings. The molecule has 0 atom stereocenters. The van der Waals surface area contributed by atoms with Crippen molar-refractivity contribution in [2.45, 2.75) is 38.5 Å². The van der Waals surface area contributed by atoms with Crippen LogP contribution in [0.1, 0.15) is 30.4 Å². The fraction of sp³-hybridized carbons (Fsp3) is 0.250. The molecule has 0 aliphatic heterocycles. The van der Waals surface area contributed by atoms with Gasteiger partial charge in [0.05, 0.1) is 6.54 Å². The molecule has 0 amide bonds. The Morgan fingerprint density at radius 1 is 1.19 bits per heavy atom. The minimum Gasteiger partial charge on any atom is -0.508 e. The van der Waals surface area contributed by atoms with Crippen LogP contribution in [0.5, 0.6) is 11.6 Å². The summed E-state index contributed by atoms with van der Waals surface area (Å²) >= 11 is 0. The Labute approximate surface area is 184 Å². The first kappa shape index (κ1) is 21.5. The molecule has 0 radical (unpaired) electrons. The summed E-state index contributed by atoms with van der Waals surface area (Å²) in [5.41, 5.74) is 2.20. The molecular formula is C24H23F2N3O3. The Balaban J connectivity index is 1.74. The van der Waals surface area contributed by atoms with E-state index in [1.807, 2.05) is 23.1 Å². The highest BCUT2D eigenvalue weighted by atomic mass is 19.3. The normalized spacial score (nSPS) is 13.5. The van der Waals surface area contributed by atoms with E-state index in [0.717, 1.165) is 30.5 Å². The van der Waals surface area contributed by atoms with E-state index in [4.69, 9.17) is 4.74 Å². The quantitative estimate of drug-likeness (QED) is 0.420. The van der Waals surface area contributed by atoms with Gasteiger partial charge in [-0.1, -0.05) is 24.8 Å². The number of aromatic nitrogens is 2. The van der Waals surface area contributed by atoms with Crippen LogP contribution >= 0.6 is 0 Å². The Morgan fingerprint density at radius 2 is 2.03 bits per heavy atom. The molecule has 2 heterocycles. The first-order valence-corrected chi connectivity index (χ1v) is 10.3. The zero-order valence-electron chi connectivity index (χ0n) is 17.3. The zero-order valence-corrected chi connectivity index (χ0v) is 17.3. The molecular weight excluding hydrogens is 416 g/mol. The molecule has 6 nitrogen and oxygen atoms in total. The average molecular weight is 439 g/mol. The number of aliphatic hydroxyl groups is 1. The third-order valence-corrected chi connectivity index (χ3v) is 5.19. The van der Waals surface area contributed by atoms with Gasteiger partial charge in [-0.25, -0.2) is 0 Å². The van der Waals surface area contributed by atoms with Gasteiger partial charge in [0.2, 0.25) is 0 Å². The second-order valence-electron chi connectivity index (χ2n) is 7.47. The maximum Gasteiger partial charge on any atom is 0.387 e. The van der Waals surface area contributed by atoms with Gasteiger partial charge in [0.1, 0.15) is 17.7 Å². The van der Waals surface area contributed by atoms with Gasteiger partial charge in [-0.3, -0.25) is 4.98 Å². The number of ether oxygens (including phenoxy) is 2. The van der Waals surface area contributed by atoms with Crippen molar-refractivity contribution in [3.63, 3.8) is 0 Å². The smallest absolute Gasteiger partial charge is 0.387 e. The summed E-state index contributed by atoms with van der Waals surface area (Å²) < 4.78 is 36.3. The van der Waals surface area contributed by atoms with Gasteiger partial charge in [0, 0.05) is 23.6 Å². The summed E-state index contributed by atoms with van der Waals surface area (Å²) in [5.74, 6) is 0.349. The molecule has 0 bridgehead atoms. The van der Waals surface area contributed by atoms with Crippen LogP contribution in [0.25, 0.3) is 5.76 Å². The van der Waals surface area contributed by atoms with E-state index in [2.05, 4.69) is 21.3 Å². The van der Waals surface area contributed by atoms with E-state index in [1.165, 1.54) is 6.07 Å². The number of hydrogen-bond donors (Lipinski definition) is 1. The molecule has 1 aliphatic carbocycles. The Bertz CT molecular complexity index is 1080. The number of nitrogens with zero attached hydrogens (tertiary/aromatic N) is 3. The monoisotopic (exact) mass is 439 g/mol. The topological polar surface area (TPSA) is 67.7 Å². The lowest BCUT2D eigenvalue weighted by Gasteiger charge is -2.28. The number of aliphatic hydroxyl groups excluding tert-OH is 1. The van der Waals surface area contributed by atoms with Crippen molar-refractivity contribution in [3.05, 3.63) is 78.6 Å². The molecule has 0 spiro atoms. The lowest BCUT2D eigenvalue weighted by atomic mass is 9.96. The van der Waals surface area contributed by atoms with Crippen LogP contribution in [0.3, 0.4) is 0 Å². The Morgan fingerprint density at radius 3 is 2.69 bits per heavy atom. The number of benzene rings is 1. The highest BCUT2D eigenvalue weighted by Crippen LogP contribution is 2.36. The lowest BCUT2D eigenvalue weighted by Crippen LogP contribution is -2.26. The van der Waals surface area contributed by atoms with E-state index in [-0.39, 0.29) is 23.5 Å². The van der Waals surface area contributed by atoms with E-state index in [0.29, 0.717) is 17.9 Å². The molecule has 1 saturated carbocycles. The number of pyridine rings is 2. The van der Waals surface area contributed by atoms with Gasteiger partial charge in [-0.15, -0.1) is 0 Å². The number of anilines is 2. The van der Waals surface area contributed by atoms with Gasteiger partial charge in [0.25, 0.3) is 5.88 Å². The van der Waals surface area contributed by atoms with Crippen molar-refractivity contribution in [3.8, 4) is 11.6 Å². The molecule has 4 rings (SSSR count). The number of hydrogen-bond acceptors (Lipinski definition) is 6. The van der Waals surface area contributed by atoms with Crippen LogP contribution in [0.15, 0.2) is 67.5 Å². The van der Waals surface area contributed by atoms with Gasteiger partial charge in [0.15, 0.2) is 5.75 Å². The Hall–Kier alpha value is -3.68. The second kappa shape index (κ2) is 9.64. The summed E-state index contributed by atoms with van der Waals surface area (Å²) in [4.78, 5) is 10.6. The van der Waals surface area contributed by atoms with E-state index >= 15 is 0 Å². The number of rotatable bonds is 9.